The SMILES string of the molecule is CCCCCCCOC(CCCCC)=C(COCOCOCC(OCCCCCCC)=C(CCCCC)OCCCCCCC)OCCCCCCC. The molecule has 0 aromatic heterocycles. The first-order valence-electron chi connectivity index (χ1n) is 22.9. The highest BCUT2D eigenvalue weighted by Crippen LogP contribution is 2.21. The van der Waals surface area contributed by atoms with Gasteiger partial charge in [-0.2, -0.15) is 0 Å². The first-order chi connectivity index (χ1) is 26.2. The van der Waals surface area contributed by atoms with E-state index >= 15 is 0 Å². The van der Waals surface area contributed by atoms with Crippen LogP contribution in [0.4, 0.5) is 0 Å². The van der Waals surface area contributed by atoms with Crippen LogP contribution in [0.3, 0.4) is 0 Å². The molecule has 7 heteroatoms. The van der Waals surface area contributed by atoms with Crippen molar-refractivity contribution in [1.82, 2.24) is 0 Å². The van der Waals surface area contributed by atoms with Gasteiger partial charge in [0.05, 0.1) is 26.4 Å². The molecule has 0 spiro atoms. The molecule has 53 heavy (non-hydrogen) atoms. The summed E-state index contributed by atoms with van der Waals surface area (Å²) < 4.78 is 43.4. The predicted octanol–water partition coefficient (Wildman–Crippen LogP) is 14.5. The van der Waals surface area contributed by atoms with Crippen molar-refractivity contribution in [2.45, 2.75) is 221 Å². The summed E-state index contributed by atoms with van der Waals surface area (Å²) in [5.74, 6) is 3.58. The second-order valence-electron chi connectivity index (χ2n) is 14.8. The summed E-state index contributed by atoms with van der Waals surface area (Å²) in [4.78, 5) is 0. The summed E-state index contributed by atoms with van der Waals surface area (Å²) in [5.41, 5.74) is 0. The second-order valence-corrected chi connectivity index (χ2v) is 14.8. The molecule has 0 aromatic rings. The van der Waals surface area contributed by atoms with E-state index < -0.39 is 0 Å². The number of ether oxygens (including phenoxy) is 7. The third-order valence-electron chi connectivity index (χ3n) is 9.53. The van der Waals surface area contributed by atoms with Crippen LogP contribution in [0, 0.1) is 0 Å². The van der Waals surface area contributed by atoms with E-state index in [2.05, 4.69) is 41.5 Å². The Morgan fingerprint density at radius 3 is 0.830 bits per heavy atom. The fourth-order valence-electron chi connectivity index (χ4n) is 6.09. The topological polar surface area (TPSA) is 64.6 Å². The maximum absolute atomic E-state index is 6.40. The molecule has 0 saturated carbocycles. The zero-order chi connectivity index (χ0) is 38.7. The zero-order valence-electron chi connectivity index (χ0n) is 36.3. The van der Waals surface area contributed by atoms with Crippen molar-refractivity contribution < 1.29 is 33.2 Å². The van der Waals surface area contributed by atoms with Crippen molar-refractivity contribution in [2.24, 2.45) is 0 Å². The molecule has 0 aliphatic carbocycles. The number of unbranched alkanes of at least 4 members (excludes halogenated alkanes) is 20. The molecule has 0 N–H and O–H groups in total. The van der Waals surface area contributed by atoms with E-state index in [1.54, 1.807) is 0 Å². The largest absolute Gasteiger partial charge is 0.494 e. The molecule has 316 valence electrons. The monoisotopic (exact) mass is 755 g/mol. The first kappa shape index (κ1) is 51.6. The molecule has 0 bridgehead atoms. The van der Waals surface area contributed by atoms with Crippen LogP contribution in [-0.4, -0.2) is 53.2 Å². The lowest BCUT2D eigenvalue weighted by molar-refractivity contribution is -0.132. The van der Waals surface area contributed by atoms with E-state index in [1.807, 2.05) is 0 Å². The Bertz CT molecular complexity index is 733. The van der Waals surface area contributed by atoms with Crippen LogP contribution in [0.5, 0.6) is 0 Å². The molecule has 0 unspecified atom stereocenters. The van der Waals surface area contributed by atoms with Crippen molar-refractivity contribution in [1.29, 1.82) is 0 Å². The molecule has 0 amide bonds. The first-order valence-corrected chi connectivity index (χ1v) is 22.9. The minimum Gasteiger partial charge on any atom is -0.494 e. The Morgan fingerprint density at radius 1 is 0.264 bits per heavy atom. The van der Waals surface area contributed by atoms with Crippen molar-refractivity contribution in [2.75, 3.05) is 53.2 Å². The normalized spacial score (nSPS) is 12.5. The Hall–Kier alpha value is -1.44. The maximum Gasteiger partial charge on any atom is 0.159 e. The lowest BCUT2D eigenvalue weighted by Gasteiger charge is -2.19. The highest BCUT2D eigenvalue weighted by molar-refractivity contribution is 5.03. The standard InChI is InChI=1S/C46H90O7/c1-7-13-19-23-29-35-50-43(33-27-17-11-5)45(52-37-31-25-21-15-9-3)39-47-41-49-42-48-40-46(53-38-32-26-22-16-10-4)44(34-28-18-12-6)51-36-30-24-20-14-8-2/h7-42H2,1-6H3. The highest BCUT2D eigenvalue weighted by Gasteiger charge is 2.14. The van der Waals surface area contributed by atoms with Crippen molar-refractivity contribution in [3.63, 3.8) is 0 Å². The van der Waals surface area contributed by atoms with Gasteiger partial charge in [0.15, 0.2) is 11.5 Å². The predicted molar refractivity (Wildman–Crippen MR) is 224 cm³/mol. The van der Waals surface area contributed by atoms with Gasteiger partial charge in [-0.3, -0.25) is 0 Å². The van der Waals surface area contributed by atoms with Crippen molar-refractivity contribution in [3.8, 4) is 0 Å². The van der Waals surface area contributed by atoms with Crippen LogP contribution < -0.4 is 0 Å². The van der Waals surface area contributed by atoms with Gasteiger partial charge >= 0.3 is 0 Å². The van der Waals surface area contributed by atoms with Crippen LogP contribution in [-0.2, 0) is 33.2 Å². The van der Waals surface area contributed by atoms with E-state index in [-0.39, 0.29) is 13.6 Å². The van der Waals surface area contributed by atoms with E-state index in [0.717, 1.165) is 87.6 Å². The molecule has 0 aromatic carbocycles. The van der Waals surface area contributed by atoms with Gasteiger partial charge in [0.25, 0.3) is 0 Å². The maximum atomic E-state index is 6.40. The fraction of sp³-hybridized carbons (Fsp3) is 0.913. The third kappa shape index (κ3) is 34.8. The van der Waals surface area contributed by atoms with Gasteiger partial charge < -0.3 is 33.2 Å². The summed E-state index contributed by atoms with van der Waals surface area (Å²) in [6.45, 7) is 17.3. The summed E-state index contributed by atoms with van der Waals surface area (Å²) in [7, 11) is 0. The Kier molecular flexibility index (Phi) is 42.1. The zero-order valence-corrected chi connectivity index (χ0v) is 36.3. The van der Waals surface area contributed by atoms with Gasteiger partial charge in [0.2, 0.25) is 0 Å². The lowest BCUT2D eigenvalue weighted by Crippen LogP contribution is -2.14. The van der Waals surface area contributed by atoms with E-state index in [0.29, 0.717) is 26.4 Å². The molecule has 0 fully saturated rings. The average molecular weight is 755 g/mol. The van der Waals surface area contributed by atoms with Gasteiger partial charge in [-0.05, 0) is 38.5 Å². The van der Waals surface area contributed by atoms with Gasteiger partial charge in [-0.15, -0.1) is 0 Å². The number of allylic oxidation sites excluding steroid dienone is 2. The fourth-order valence-corrected chi connectivity index (χ4v) is 6.09. The molecular weight excluding hydrogens is 664 g/mol. The molecule has 0 aliphatic rings. The Morgan fingerprint density at radius 2 is 0.528 bits per heavy atom. The highest BCUT2D eigenvalue weighted by atomic mass is 16.7. The number of hydrogen-bond acceptors (Lipinski definition) is 7. The quantitative estimate of drug-likeness (QED) is 0.0348. The van der Waals surface area contributed by atoms with Crippen LogP contribution in [0.1, 0.15) is 221 Å². The average Bonchev–Trinajstić information content (AvgIpc) is 3.17. The smallest absolute Gasteiger partial charge is 0.159 e. The summed E-state index contributed by atoms with van der Waals surface area (Å²) >= 11 is 0. The Labute approximate surface area is 330 Å². The number of hydrogen-bond donors (Lipinski definition) is 0. The van der Waals surface area contributed by atoms with Crippen LogP contribution in [0.25, 0.3) is 0 Å². The molecule has 0 atom stereocenters. The molecule has 0 radical (unpaired) electrons. The van der Waals surface area contributed by atoms with Crippen LogP contribution in [0.2, 0.25) is 0 Å². The third-order valence-corrected chi connectivity index (χ3v) is 9.53. The molecular formula is C46H90O7. The van der Waals surface area contributed by atoms with Crippen LogP contribution in [0.15, 0.2) is 23.0 Å². The Balaban J connectivity index is 5.34. The lowest BCUT2D eigenvalue weighted by atomic mass is 10.1. The molecule has 0 rings (SSSR count). The number of rotatable bonds is 44. The van der Waals surface area contributed by atoms with E-state index in [9.17, 15) is 0 Å². The van der Waals surface area contributed by atoms with E-state index in [1.165, 1.54) is 128 Å². The summed E-state index contributed by atoms with van der Waals surface area (Å²) in [6.07, 6.45) is 32.9. The van der Waals surface area contributed by atoms with Crippen LogP contribution >= 0.6 is 0 Å². The van der Waals surface area contributed by atoms with Gasteiger partial charge in [0.1, 0.15) is 38.3 Å². The molecule has 0 aliphatic heterocycles. The molecule has 0 saturated heterocycles. The molecule has 0 heterocycles. The summed E-state index contributed by atoms with van der Waals surface area (Å²) in [5, 5.41) is 0. The van der Waals surface area contributed by atoms with Gasteiger partial charge in [-0.1, -0.05) is 170 Å². The van der Waals surface area contributed by atoms with Crippen molar-refractivity contribution in [3.05, 3.63) is 23.0 Å². The van der Waals surface area contributed by atoms with Gasteiger partial charge in [-0.25, -0.2) is 0 Å². The minimum absolute atomic E-state index is 0.123. The summed E-state index contributed by atoms with van der Waals surface area (Å²) in [6, 6.07) is 0. The molecule has 7 nitrogen and oxygen atoms in total. The van der Waals surface area contributed by atoms with Gasteiger partial charge in [0, 0.05) is 12.8 Å². The van der Waals surface area contributed by atoms with E-state index in [4.69, 9.17) is 33.2 Å². The second kappa shape index (κ2) is 43.3. The minimum atomic E-state index is 0.123. The van der Waals surface area contributed by atoms with Crippen molar-refractivity contribution >= 4 is 0 Å².